The summed E-state index contributed by atoms with van der Waals surface area (Å²) in [5.41, 5.74) is 2.18. The zero-order valence-electron chi connectivity index (χ0n) is 17.1. The summed E-state index contributed by atoms with van der Waals surface area (Å²) in [6.45, 7) is 2.15. The number of ketones is 1. The van der Waals surface area contributed by atoms with E-state index in [1.807, 2.05) is 39.9 Å². The van der Waals surface area contributed by atoms with Gasteiger partial charge in [-0.05, 0) is 49.2 Å². The Morgan fingerprint density at radius 1 is 0.935 bits per heavy atom. The molecule has 31 heavy (non-hydrogen) atoms. The van der Waals surface area contributed by atoms with Crippen LogP contribution in [0.3, 0.4) is 0 Å². The van der Waals surface area contributed by atoms with Crippen LogP contribution >= 0.6 is 0 Å². The molecule has 2 aromatic carbocycles. The van der Waals surface area contributed by atoms with Gasteiger partial charge >= 0.3 is 0 Å². The third kappa shape index (κ3) is 3.91. The van der Waals surface area contributed by atoms with E-state index >= 15 is 0 Å². The Kier molecular flexibility index (Phi) is 5.16. The average Bonchev–Trinajstić information content (AvgIpc) is 3.38. The number of amides is 1. The number of fused-ring (bicyclic) bond motifs is 1. The molecule has 158 valence electrons. The van der Waals surface area contributed by atoms with Gasteiger partial charge in [0.2, 0.25) is 0 Å². The summed E-state index contributed by atoms with van der Waals surface area (Å²) in [5.74, 6) is 1.31. The number of carbonyl (C=O) groups is 2. The third-order valence-corrected chi connectivity index (χ3v) is 5.88. The molecule has 1 saturated heterocycles. The molecule has 0 aliphatic carbocycles. The highest BCUT2D eigenvalue weighted by molar-refractivity contribution is 5.99. The minimum absolute atomic E-state index is 0.00723. The Labute approximate surface area is 180 Å². The Hall–Kier alpha value is -3.61. The fourth-order valence-corrected chi connectivity index (χ4v) is 4.17. The Morgan fingerprint density at radius 3 is 2.52 bits per heavy atom. The van der Waals surface area contributed by atoms with Crippen LogP contribution in [0.5, 0.6) is 11.5 Å². The molecular formula is C24H23N3O4. The molecular weight excluding hydrogens is 394 g/mol. The molecule has 0 unspecified atom stereocenters. The first kappa shape index (κ1) is 19.4. The van der Waals surface area contributed by atoms with E-state index < -0.39 is 0 Å². The predicted molar refractivity (Wildman–Crippen MR) is 114 cm³/mol. The summed E-state index contributed by atoms with van der Waals surface area (Å²) < 4.78 is 13.0. The van der Waals surface area contributed by atoms with E-state index in [-0.39, 0.29) is 17.6 Å². The van der Waals surface area contributed by atoms with Gasteiger partial charge in [-0.1, -0.05) is 6.07 Å². The van der Waals surface area contributed by atoms with Crippen LogP contribution in [0.15, 0.2) is 61.2 Å². The summed E-state index contributed by atoms with van der Waals surface area (Å²) in [7, 11) is 0. The van der Waals surface area contributed by atoms with Gasteiger partial charge in [0.15, 0.2) is 17.3 Å². The lowest BCUT2D eigenvalue weighted by Gasteiger charge is -2.31. The highest BCUT2D eigenvalue weighted by atomic mass is 16.6. The van der Waals surface area contributed by atoms with Crippen LogP contribution < -0.4 is 9.47 Å². The summed E-state index contributed by atoms with van der Waals surface area (Å²) >= 11 is 0. The zero-order chi connectivity index (χ0) is 21.2. The summed E-state index contributed by atoms with van der Waals surface area (Å²) in [4.78, 5) is 31.9. The minimum atomic E-state index is -0.0936. The van der Waals surface area contributed by atoms with Crippen LogP contribution in [0.1, 0.15) is 33.6 Å². The van der Waals surface area contributed by atoms with Crippen LogP contribution in [0.2, 0.25) is 0 Å². The molecule has 1 amide bonds. The number of rotatable bonds is 4. The monoisotopic (exact) mass is 417 g/mol. The lowest BCUT2D eigenvalue weighted by atomic mass is 9.88. The maximum Gasteiger partial charge on any atom is 0.253 e. The van der Waals surface area contributed by atoms with Crippen molar-refractivity contribution >= 4 is 11.7 Å². The van der Waals surface area contributed by atoms with Gasteiger partial charge in [0.1, 0.15) is 13.2 Å². The SMILES string of the molecule is O=C(c1ccc2c(c1)OCCO2)C1CCN(C(=O)c2cccc(-n3ccnc3)c2)CC1. The number of carbonyl (C=O) groups excluding carboxylic acids is 2. The molecule has 1 fully saturated rings. The van der Waals surface area contributed by atoms with Crippen molar-refractivity contribution < 1.29 is 19.1 Å². The molecule has 0 radical (unpaired) electrons. The van der Waals surface area contributed by atoms with Crippen molar-refractivity contribution in [3.8, 4) is 17.2 Å². The largest absolute Gasteiger partial charge is 0.486 e. The van der Waals surface area contributed by atoms with E-state index in [4.69, 9.17) is 9.47 Å². The summed E-state index contributed by atoms with van der Waals surface area (Å²) in [5, 5.41) is 0. The van der Waals surface area contributed by atoms with Crippen molar-refractivity contribution in [1.82, 2.24) is 14.5 Å². The third-order valence-electron chi connectivity index (χ3n) is 5.88. The average molecular weight is 417 g/mol. The molecule has 3 heterocycles. The normalized spacial score (nSPS) is 16.2. The first-order valence-electron chi connectivity index (χ1n) is 10.5. The van der Waals surface area contributed by atoms with Crippen molar-refractivity contribution in [3.05, 3.63) is 72.3 Å². The number of nitrogens with zero attached hydrogens (tertiary/aromatic N) is 3. The van der Waals surface area contributed by atoms with Gasteiger partial charge in [0.05, 0.1) is 6.33 Å². The second-order valence-corrected chi connectivity index (χ2v) is 7.81. The fraction of sp³-hybridized carbons (Fsp3) is 0.292. The summed E-state index contributed by atoms with van der Waals surface area (Å²) in [6.07, 6.45) is 6.57. The number of piperidine rings is 1. The van der Waals surface area contributed by atoms with Crippen LogP contribution in [0.25, 0.3) is 5.69 Å². The molecule has 7 nitrogen and oxygen atoms in total. The number of Topliss-reactive ketones (excluding diaryl/α,β-unsaturated/α-hetero) is 1. The van der Waals surface area contributed by atoms with Crippen molar-refractivity contribution in [2.24, 2.45) is 5.92 Å². The number of benzene rings is 2. The molecule has 1 aromatic heterocycles. The van der Waals surface area contributed by atoms with Gasteiger partial charge in [0, 0.05) is 48.2 Å². The number of ether oxygens (including phenoxy) is 2. The molecule has 7 heteroatoms. The molecule has 0 spiro atoms. The first-order chi connectivity index (χ1) is 15.2. The van der Waals surface area contributed by atoms with Gasteiger partial charge in [0.25, 0.3) is 5.91 Å². The molecule has 3 aromatic rings. The number of imidazole rings is 1. The van der Waals surface area contributed by atoms with Crippen molar-refractivity contribution in [2.45, 2.75) is 12.8 Å². The van der Waals surface area contributed by atoms with Crippen LogP contribution in [0, 0.1) is 5.92 Å². The van der Waals surface area contributed by atoms with Gasteiger partial charge in [-0.25, -0.2) is 4.98 Å². The van der Waals surface area contributed by atoms with Crippen molar-refractivity contribution in [1.29, 1.82) is 0 Å². The molecule has 0 saturated carbocycles. The Balaban J connectivity index is 1.24. The van der Waals surface area contributed by atoms with Gasteiger partial charge in [-0.3, -0.25) is 9.59 Å². The number of hydrogen-bond acceptors (Lipinski definition) is 5. The first-order valence-corrected chi connectivity index (χ1v) is 10.5. The van der Waals surface area contributed by atoms with E-state index in [0.29, 0.717) is 61.8 Å². The Bertz CT molecular complexity index is 1100. The zero-order valence-corrected chi connectivity index (χ0v) is 17.1. The maximum atomic E-state index is 13.0. The van der Waals surface area contributed by atoms with Crippen LogP contribution in [0.4, 0.5) is 0 Å². The Morgan fingerprint density at radius 2 is 1.74 bits per heavy atom. The van der Waals surface area contributed by atoms with Gasteiger partial charge in [-0.15, -0.1) is 0 Å². The van der Waals surface area contributed by atoms with Gasteiger partial charge in [-0.2, -0.15) is 0 Å². The molecule has 2 aliphatic heterocycles. The second kappa shape index (κ2) is 8.26. The minimum Gasteiger partial charge on any atom is -0.486 e. The maximum absolute atomic E-state index is 13.0. The van der Waals surface area contributed by atoms with E-state index in [1.165, 1.54) is 0 Å². The number of hydrogen-bond donors (Lipinski definition) is 0. The molecule has 0 bridgehead atoms. The molecule has 2 aliphatic rings. The van der Waals surface area contributed by atoms with Gasteiger partial charge < -0.3 is 18.9 Å². The number of likely N-dealkylation sites (tertiary alicyclic amines) is 1. The highest BCUT2D eigenvalue weighted by Gasteiger charge is 2.29. The summed E-state index contributed by atoms with van der Waals surface area (Å²) in [6, 6.07) is 12.9. The van der Waals surface area contributed by atoms with Crippen molar-refractivity contribution in [2.75, 3.05) is 26.3 Å². The van der Waals surface area contributed by atoms with Crippen molar-refractivity contribution in [3.63, 3.8) is 0 Å². The smallest absolute Gasteiger partial charge is 0.253 e. The fourth-order valence-electron chi connectivity index (χ4n) is 4.17. The molecule has 0 atom stereocenters. The quantitative estimate of drug-likeness (QED) is 0.609. The predicted octanol–water partition coefficient (Wildman–Crippen LogP) is 3.38. The lowest BCUT2D eigenvalue weighted by molar-refractivity contribution is 0.0650. The van der Waals surface area contributed by atoms with E-state index in [9.17, 15) is 9.59 Å². The second-order valence-electron chi connectivity index (χ2n) is 7.81. The van der Waals surface area contributed by atoms with E-state index in [1.54, 1.807) is 30.7 Å². The van der Waals surface area contributed by atoms with E-state index in [2.05, 4.69) is 4.98 Å². The van der Waals surface area contributed by atoms with Crippen LogP contribution in [-0.4, -0.2) is 52.4 Å². The highest BCUT2D eigenvalue weighted by Crippen LogP contribution is 2.32. The van der Waals surface area contributed by atoms with E-state index in [0.717, 1.165) is 5.69 Å². The lowest BCUT2D eigenvalue weighted by Crippen LogP contribution is -2.40. The molecule has 0 N–H and O–H groups in total. The standard InChI is InChI=1S/C24H23N3O4/c28-23(18-4-5-21-22(15-18)31-13-12-30-21)17-6-9-26(10-7-17)24(29)19-2-1-3-20(14-19)27-11-8-25-16-27/h1-5,8,11,14-17H,6-7,9-10,12-13H2. The topological polar surface area (TPSA) is 73.7 Å². The van der Waals surface area contributed by atoms with Crippen LogP contribution in [-0.2, 0) is 0 Å². The molecule has 5 rings (SSSR count). The number of aromatic nitrogens is 2.